The third-order valence-electron chi connectivity index (χ3n) is 3.93. The molecule has 0 amide bonds. The highest BCUT2D eigenvalue weighted by Crippen LogP contribution is 2.29. The number of benzene rings is 1. The van der Waals surface area contributed by atoms with Crippen LogP contribution in [0.25, 0.3) is 0 Å². The van der Waals surface area contributed by atoms with Crippen molar-refractivity contribution < 1.29 is 13.2 Å². The van der Waals surface area contributed by atoms with Crippen LogP contribution >= 0.6 is 0 Å². The normalized spacial score (nSPS) is 23.8. The lowest BCUT2D eigenvalue weighted by Gasteiger charge is -2.26. The van der Waals surface area contributed by atoms with Crippen LogP contribution in [0.4, 0.5) is 13.2 Å². The summed E-state index contributed by atoms with van der Waals surface area (Å²) in [7, 11) is 0. The van der Waals surface area contributed by atoms with Gasteiger partial charge in [0.1, 0.15) is 0 Å². The van der Waals surface area contributed by atoms with Gasteiger partial charge in [-0.3, -0.25) is 0 Å². The standard InChI is InChI=1S/C15H21F3N2/c16-15(17,18)13-5-1-11(2-6-13)9-20-10-12-3-7-14(19)8-4-12/h1-2,5-6,12,14,20H,3-4,7-10,19H2/t12-,14-. The highest BCUT2D eigenvalue weighted by atomic mass is 19.4. The Labute approximate surface area is 117 Å². The zero-order chi connectivity index (χ0) is 14.6. The van der Waals surface area contributed by atoms with Crippen LogP contribution in [-0.2, 0) is 12.7 Å². The molecule has 5 heteroatoms. The maximum absolute atomic E-state index is 12.4. The van der Waals surface area contributed by atoms with E-state index < -0.39 is 11.7 Å². The van der Waals surface area contributed by atoms with E-state index in [-0.39, 0.29) is 0 Å². The van der Waals surface area contributed by atoms with E-state index in [1.54, 1.807) is 0 Å². The minimum absolute atomic E-state index is 0.348. The van der Waals surface area contributed by atoms with Crippen LogP contribution in [0, 0.1) is 5.92 Å². The van der Waals surface area contributed by atoms with Crippen molar-refractivity contribution in [3.63, 3.8) is 0 Å². The average molecular weight is 286 g/mol. The molecular weight excluding hydrogens is 265 g/mol. The number of hydrogen-bond donors (Lipinski definition) is 2. The fourth-order valence-corrected chi connectivity index (χ4v) is 2.62. The molecule has 1 aromatic rings. The average Bonchev–Trinajstić information content (AvgIpc) is 2.41. The van der Waals surface area contributed by atoms with Gasteiger partial charge in [0.25, 0.3) is 0 Å². The molecule has 2 rings (SSSR count). The predicted octanol–water partition coefficient (Wildman–Crippen LogP) is 3.31. The maximum atomic E-state index is 12.4. The molecule has 1 aromatic carbocycles. The Morgan fingerprint density at radius 1 is 1.05 bits per heavy atom. The Hall–Kier alpha value is -1.07. The summed E-state index contributed by atoms with van der Waals surface area (Å²) in [6.07, 6.45) is 0.175. The minimum atomic E-state index is -4.26. The van der Waals surface area contributed by atoms with E-state index in [0.717, 1.165) is 49.9 Å². The summed E-state index contributed by atoms with van der Waals surface area (Å²) in [5.74, 6) is 0.643. The molecule has 0 saturated heterocycles. The van der Waals surface area contributed by atoms with Crippen LogP contribution in [0.15, 0.2) is 24.3 Å². The van der Waals surface area contributed by atoms with Crippen LogP contribution in [-0.4, -0.2) is 12.6 Å². The zero-order valence-corrected chi connectivity index (χ0v) is 11.4. The number of halogens is 3. The van der Waals surface area contributed by atoms with Gasteiger partial charge in [0.15, 0.2) is 0 Å². The van der Waals surface area contributed by atoms with Gasteiger partial charge >= 0.3 is 6.18 Å². The van der Waals surface area contributed by atoms with Crippen molar-refractivity contribution >= 4 is 0 Å². The minimum Gasteiger partial charge on any atom is -0.328 e. The van der Waals surface area contributed by atoms with Crippen molar-refractivity contribution in [3.8, 4) is 0 Å². The molecule has 1 saturated carbocycles. The first-order valence-electron chi connectivity index (χ1n) is 7.07. The summed E-state index contributed by atoms with van der Waals surface area (Å²) < 4.78 is 37.3. The Morgan fingerprint density at radius 2 is 1.65 bits per heavy atom. The molecular formula is C15H21F3N2. The topological polar surface area (TPSA) is 38.0 Å². The Balaban J connectivity index is 1.74. The third kappa shape index (κ3) is 4.49. The summed E-state index contributed by atoms with van der Waals surface area (Å²) >= 11 is 0. The van der Waals surface area contributed by atoms with Crippen molar-refractivity contribution in [1.29, 1.82) is 0 Å². The molecule has 0 heterocycles. The number of alkyl halides is 3. The van der Waals surface area contributed by atoms with Crippen molar-refractivity contribution in [3.05, 3.63) is 35.4 Å². The van der Waals surface area contributed by atoms with E-state index in [0.29, 0.717) is 18.5 Å². The largest absolute Gasteiger partial charge is 0.416 e. The van der Waals surface area contributed by atoms with Crippen molar-refractivity contribution in [2.45, 2.75) is 44.4 Å². The van der Waals surface area contributed by atoms with Gasteiger partial charge in [0.2, 0.25) is 0 Å². The van der Waals surface area contributed by atoms with Crippen molar-refractivity contribution in [2.75, 3.05) is 6.54 Å². The van der Waals surface area contributed by atoms with Gasteiger partial charge in [0.05, 0.1) is 5.56 Å². The molecule has 0 bridgehead atoms. The smallest absolute Gasteiger partial charge is 0.328 e. The van der Waals surface area contributed by atoms with E-state index >= 15 is 0 Å². The van der Waals surface area contributed by atoms with Gasteiger partial charge in [-0.1, -0.05) is 12.1 Å². The molecule has 1 aliphatic carbocycles. The first-order valence-corrected chi connectivity index (χ1v) is 7.07. The molecule has 20 heavy (non-hydrogen) atoms. The lowest BCUT2D eigenvalue weighted by molar-refractivity contribution is -0.137. The molecule has 1 aliphatic rings. The summed E-state index contributed by atoms with van der Waals surface area (Å²) in [5.41, 5.74) is 6.14. The van der Waals surface area contributed by atoms with Crippen molar-refractivity contribution in [2.24, 2.45) is 11.7 Å². The molecule has 0 radical (unpaired) electrons. The molecule has 0 spiro atoms. The number of nitrogens with one attached hydrogen (secondary N) is 1. The van der Waals surface area contributed by atoms with E-state index in [2.05, 4.69) is 5.32 Å². The van der Waals surface area contributed by atoms with E-state index in [4.69, 9.17) is 5.73 Å². The van der Waals surface area contributed by atoms with Crippen molar-refractivity contribution in [1.82, 2.24) is 5.32 Å². The monoisotopic (exact) mass is 286 g/mol. The van der Waals surface area contributed by atoms with Crippen LogP contribution in [0.2, 0.25) is 0 Å². The number of hydrogen-bond acceptors (Lipinski definition) is 2. The molecule has 0 aromatic heterocycles. The Bertz CT molecular complexity index is 406. The summed E-state index contributed by atoms with van der Waals surface area (Å²) in [6.45, 7) is 1.52. The number of rotatable bonds is 4. The summed E-state index contributed by atoms with van der Waals surface area (Å²) in [5, 5.41) is 3.32. The molecule has 0 unspecified atom stereocenters. The predicted molar refractivity (Wildman–Crippen MR) is 73.1 cm³/mol. The molecule has 2 nitrogen and oxygen atoms in total. The second-order valence-electron chi connectivity index (χ2n) is 5.61. The van der Waals surface area contributed by atoms with Gasteiger partial charge in [-0.25, -0.2) is 0 Å². The van der Waals surface area contributed by atoms with Gasteiger partial charge < -0.3 is 11.1 Å². The van der Waals surface area contributed by atoms with Crippen LogP contribution < -0.4 is 11.1 Å². The van der Waals surface area contributed by atoms with Gasteiger partial charge in [-0.2, -0.15) is 13.2 Å². The second-order valence-corrected chi connectivity index (χ2v) is 5.61. The van der Waals surface area contributed by atoms with Gasteiger partial charge in [-0.05, 0) is 55.8 Å². The molecule has 1 fully saturated rings. The molecule has 3 N–H and O–H groups in total. The fraction of sp³-hybridized carbons (Fsp3) is 0.600. The fourth-order valence-electron chi connectivity index (χ4n) is 2.62. The Kier molecular flexibility index (Phi) is 5.05. The second kappa shape index (κ2) is 6.59. The summed E-state index contributed by atoms with van der Waals surface area (Å²) in [4.78, 5) is 0. The van der Waals surface area contributed by atoms with Gasteiger partial charge in [-0.15, -0.1) is 0 Å². The first kappa shape index (κ1) is 15.3. The quantitative estimate of drug-likeness (QED) is 0.891. The highest BCUT2D eigenvalue weighted by Gasteiger charge is 2.29. The highest BCUT2D eigenvalue weighted by molar-refractivity contribution is 5.24. The molecule has 112 valence electrons. The lowest BCUT2D eigenvalue weighted by atomic mass is 9.86. The summed E-state index contributed by atoms with van der Waals surface area (Å²) in [6, 6.07) is 5.69. The third-order valence-corrected chi connectivity index (χ3v) is 3.93. The zero-order valence-electron chi connectivity index (χ0n) is 11.4. The number of nitrogens with two attached hydrogens (primary N) is 1. The molecule has 0 atom stereocenters. The van der Waals surface area contributed by atoms with Crippen LogP contribution in [0.3, 0.4) is 0 Å². The van der Waals surface area contributed by atoms with E-state index in [1.807, 2.05) is 0 Å². The molecule has 0 aliphatic heterocycles. The SMILES string of the molecule is N[C@H]1CC[C@H](CNCc2ccc(C(F)(F)F)cc2)CC1. The Morgan fingerprint density at radius 3 is 2.20 bits per heavy atom. The maximum Gasteiger partial charge on any atom is 0.416 e. The lowest BCUT2D eigenvalue weighted by Crippen LogP contribution is -2.31. The van der Waals surface area contributed by atoms with Crippen LogP contribution in [0.1, 0.15) is 36.8 Å². The van der Waals surface area contributed by atoms with E-state index in [9.17, 15) is 13.2 Å². The van der Waals surface area contributed by atoms with Gasteiger partial charge in [0, 0.05) is 12.6 Å². The van der Waals surface area contributed by atoms with E-state index in [1.165, 1.54) is 12.1 Å². The van der Waals surface area contributed by atoms with Crippen LogP contribution in [0.5, 0.6) is 0 Å². The first-order chi connectivity index (χ1) is 9.45.